The van der Waals surface area contributed by atoms with Gasteiger partial charge in [0.15, 0.2) is 0 Å². The Bertz CT molecular complexity index is 678. The number of ether oxygens (including phenoxy) is 1. The summed E-state index contributed by atoms with van der Waals surface area (Å²) in [5, 5.41) is 0. The van der Waals surface area contributed by atoms with E-state index in [0.717, 1.165) is 19.4 Å². The molecule has 1 aromatic carbocycles. The molecule has 2 fully saturated rings. The van der Waals surface area contributed by atoms with Crippen LogP contribution in [0.15, 0.2) is 30.3 Å². The average Bonchev–Trinajstić information content (AvgIpc) is 2.92. The van der Waals surface area contributed by atoms with E-state index in [1.165, 1.54) is 5.56 Å². The van der Waals surface area contributed by atoms with Crippen molar-refractivity contribution in [2.24, 2.45) is 0 Å². The van der Waals surface area contributed by atoms with Crippen LogP contribution < -0.4 is 0 Å². The fourth-order valence-electron chi connectivity index (χ4n) is 4.02. The number of benzene rings is 1. The number of halogens is 1. The molecule has 2 saturated heterocycles. The van der Waals surface area contributed by atoms with Gasteiger partial charge in [0.1, 0.15) is 5.60 Å². The summed E-state index contributed by atoms with van der Waals surface area (Å²) in [6.07, 6.45) is 1.97. The summed E-state index contributed by atoms with van der Waals surface area (Å²) >= 11 is 3.58. The molecule has 148 valence electrons. The van der Waals surface area contributed by atoms with Crippen LogP contribution >= 0.6 is 15.9 Å². The molecule has 2 aliphatic heterocycles. The molecule has 1 aromatic rings. The fourth-order valence-corrected chi connectivity index (χ4v) is 4.64. The summed E-state index contributed by atoms with van der Waals surface area (Å²) in [5.41, 5.74) is 0.643. The minimum Gasteiger partial charge on any atom is -0.444 e. The van der Waals surface area contributed by atoms with E-state index in [0.29, 0.717) is 26.1 Å². The predicted molar refractivity (Wildman–Crippen MR) is 109 cm³/mol. The van der Waals surface area contributed by atoms with Gasteiger partial charge in [0, 0.05) is 42.8 Å². The van der Waals surface area contributed by atoms with Gasteiger partial charge in [-0.3, -0.25) is 4.79 Å². The summed E-state index contributed by atoms with van der Waals surface area (Å²) in [6, 6.07) is 10.4. The van der Waals surface area contributed by atoms with Crippen molar-refractivity contribution in [2.45, 2.75) is 55.9 Å². The molecular formula is C21H29BrN2O3. The molecule has 0 N–H and O–H groups in total. The van der Waals surface area contributed by atoms with E-state index in [2.05, 4.69) is 40.2 Å². The van der Waals surface area contributed by atoms with Gasteiger partial charge < -0.3 is 14.5 Å². The molecule has 0 bridgehead atoms. The summed E-state index contributed by atoms with van der Waals surface area (Å²) < 4.78 is 5.53. The highest BCUT2D eigenvalue weighted by molar-refractivity contribution is 9.09. The zero-order valence-electron chi connectivity index (χ0n) is 16.4. The number of likely N-dealkylation sites (tertiary alicyclic amines) is 2. The van der Waals surface area contributed by atoms with Gasteiger partial charge in [-0.2, -0.15) is 0 Å². The molecule has 0 radical (unpaired) electrons. The van der Waals surface area contributed by atoms with Gasteiger partial charge in [-0.15, -0.1) is 0 Å². The normalized spacial score (nSPS) is 22.8. The molecule has 2 amide bonds. The molecule has 0 aliphatic carbocycles. The lowest BCUT2D eigenvalue weighted by atomic mass is 9.72. The summed E-state index contributed by atoms with van der Waals surface area (Å²) in [4.78, 5) is 28.8. The quantitative estimate of drug-likeness (QED) is 0.673. The molecule has 6 heteroatoms. The van der Waals surface area contributed by atoms with Gasteiger partial charge in [0.05, 0.1) is 0 Å². The minimum absolute atomic E-state index is 0.119. The monoisotopic (exact) mass is 436 g/mol. The molecule has 1 unspecified atom stereocenters. The van der Waals surface area contributed by atoms with Crippen molar-refractivity contribution in [2.75, 3.05) is 26.2 Å². The topological polar surface area (TPSA) is 49.9 Å². The summed E-state index contributed by atoms with van der Waals surface area (Å²) in [5.74, 6) is 0.210. The lowest BCUT2D eigenvalue weighted by molar-refractivity contribution is -0.128. The highest BCUT2D eigenvalue weighted by Gasteiger charge is 2.42. The maximum atomic E-state index is 12.4. The van der Waals surface area contributed by atoms with E-state index in [1.54, 1.807) is 4.90 Å². The van der Waals surface area contributed by atoms with E-state index in [9.17, 15) is 9.59 Å². The third-order valence-electron chi connectivity index (χ3n) is 5.42. The first-order chi connectivity index (χ1) is 12.7. The number of piperidine rings is 1. The number of hydrogen-bond donors (Lipinski definition) is 0. The number of amides is 2. The van der Waals surface area contributed by atoms with Gasteiger partial charge in [-0.25, -0.2) is 4.79 Å². The van der Waals surface area contributed by atoms with Crippen LogP contribution in [0.25, 0.3) is 0 Å². The summed E-state index contributed by atoms with van der Waals surface area (Å²) in [6.45, 7) is 8.41. The number of carbonyl (C=O) groups is 2. The SMILES string of the molecule is CC(C)(C)OC(=O)N1CCC(CN2CC(Br)CC2=O)(c2ccccc2)CC1. The van der Waals surface area contributed by atoms with E-state index in [1.807, 2.05) is 31.7 Å². The highest BCUT2D eigenvalue weighted by atomic mass is 79.9. The van der Waals surface area contributed by atoms with Crippen molar-refractivity contribution in [3.63, 3.8) is 0 Å². The largest absolute Gasteiger partial charge is 0.444 e. The lowest BCUT2D eigenvalue weighted by Crippen LogP contribution is -2.51. The number of nitrogens with zero attached hydrogens (tertiary/aromatic N) is 2. The predicted octanol–water partition coefficient (Wildman–Crippen LogP) is 3.95. The first-order valence-corrected chi connectivity index (χ1v) is 10.6. The van der Waals surface area contributed by atoms with Crippen molar-refractivity contribution in [3.8, 4) is 0 Å². The van der Waals surface area contributed by atoms with Crippen LogP contribution in [0, 0.1) is 0 Å². The van der Waals surface area contributed by atoms with Crippen LogP contribution in [0.4, 0.5) is 4.79 Å². The van der Waals surface area contributed by atoms with E-state index >= 15 is 0 Å². The Balaban J connectivity index is 1.76. The molecule has 0 aromatic heterocycles. The van der Waals surface area contributed by atoms with E-state index in [4.69, 9.17) is 4.74 Å². The minimum atomic E-state index is -0.488. The van der Waals surface area contributed by atoms with E-state index < -0.39 is 5.60 Å². The second-order valence-corrected chi connectivity index (χ2v) is 9.98. The molecule has 27 heavy (non-hydrogen) atoms. The van der Waals surface area contributed by atoms with Gasteiger partial charge in [-0.1, -0.05) is 46.3 Å². The van der Waals surface area contributed by atoms with Gasteiger partial charge in [-0.05, 0) is 39.2 Å². The second-order valence-electron chi connectivity index (χ2n) is 8.69. The Morgan fingerprint density at radius 3 is 2.37 bits per heavy atom. The second kappa shape index (κ2) is 7.82. The van der Waals surface area contributed by atoms with Crippen molar-refractivity contribution in [1.82, 2.24) is 9.80 Å². The Hall–Kier alpha value is -1.56. The third kappa shape index (κ3) is 4.84. The fraction of sp³-hybridized carbons (Fsp3) is 0.619. The molecule has 1 atom stereocenters. The molecule has 5 nitrogen and oxygen atoms in total. The maximum Gasteiger partial charge on any atom is 0.410 e. The maximum absolute atomic E-state index is 12.4. The van der Waals surface area contributed by atoms with Crippen LogP contribution in [0.1, 0.15) is 45.6 Å². The van der Waals surface area contributed by atoms with Gasteiger partial charge >= 0.3 is 6.09 Å². The van der Waals surface area contributed by atoms with Gasteiger partial charge in [0.2, 0.25) is 5.91 Å². The van der Waals surface area contributed by atoms with Crippen LogP contribution in [-0.2, 0) is 14.9 Å². The Labute approximate surface area is 170 Å². The molecule has 2 aliphatic rings. The Morgan fingerprint density at radius 1 is 1.22 bits per heavy atom. The molecule has 3 rings (SSSR count). The number of alkyl halides is 1. The van der Waals surface area contributed by atoms with Crippen LogP contribution in [0.2, 0.25) is 0 Å². The van der Waals surface area contributed by atoms with Crippen molar-refractivity contribution < 1.29 is 14.3 Å². The zero-order valence-corrected chi connectivity index (χ0v) is 18.0. The lowest BCUT2D eigenvalue weighted by Gasteiger charge is -2.44. The standard InChI is InChI=1S/C21H29BrN2O3/c1-20(2,3)27-19(26)23-11-9-21(10-12-23,16-7-5-4-6-8-16)15-24-14-17(22)13-18(24)25/h4-8,17H,9-15H2,1-3H3. The van der Waals surface area contributed by atoms with Gasteiger partial charge in [0.25, 0.3) is 0 Å². The van der Waals surface area contributed by atoms with Crippen LogP contribution in [-0.4, -0.2) is 58.4 Å². The molecule has 2 heterocycles. The number of hydrogen-bond acceptors (Lipinski definition) is 3. The average molecular weight is 437 g/mol. The van der Waals surface area contributed by atoms with Crippen molar-refractivity contribution in [1.29, 1.82) is 0 Å². The third-order valence-corrected chi connectivity index (χ3v) is 6.03. The first kappa shape index (κ1) is 20.2. The Kier molecular flexibility index (Phi) is 5.84. The zero-order chi connectivity index (χ0) is 19.7. The molecule has 0 spiro atoms. The van der Waals surface area contributed by atoms with Crippen molar-refractivity contribution in [3.05, 3.63) is 35.9 Å². The van der Waals surface area contributed by atoms with Crippen molar-refractivity contribution >= 4 is 27.9 Å². The van der Waals surface area contributed by atoms with E-state index in [-0.39, 0.29) is 22.2 Å². The first-order valence-electron chi connectivity index (χ1n) is 9.64. The number of carbonyl (C=O) groups excluding carboxylic acids is 2. The molecular weight excluding hydrogens is 408 g/mol. The number of rotatable bonds is 3. The highest BCUT2D eigenvalue weighted by Crippen LogP contribution is 2.38. The smallest absolute Gasteiger partial charge is 0.410 e. The Morgan fingerprint density at radius 2 is 1.85 bits per heavy atom. The van der Waals surface area contributed by atoms with Crippen LogP contribution in [0.5, 0.6) is 0 Å². The molecule has 0 saturated carbocycles. The summed E-state index contributed by atoms with van der Waals surface area (Å²) in [7, 11) is 0. The van der Waals surface area contributed by atoms with Crippen LogP contribution in [0.3, 0.4) is 0 Å².